The van der Waals surface area contributed by atoms with Crippen molar-refractivity contribution in [3.63, 3.8) is 0 Å². The molecule has 1 N–H and O–H groups in total. The van der Waals surface area contributed by atoms with Gasteiger partial charge in [-0.25, -0.2) is 4.39 Å². The molecular formula is C11H12ClFO. The number of hydrogen-bond donors (Lipinski definition) is 1. The van der Waals surface area contributed by atoms with Crippen LogP contribution in [0.3, 0.4) is 0 Å². The number of halogens is 2. The van der Waals surface area contributed by atoms with Crippen LogP contribution in [0.5, 0.6) is 0 Å². The molecule has 3 heteroatoms. The van der Waals surface area contributed by atoms with Crippen LogP contribution in [0, 0.1) is 5.82 Å². The Balaban J connectivity index is 2.08. The summed E-state index contributed by atoms with van der Waals surface area (Å²) in [4.78, 5) is 0. The van der Waals surface area contributed by atoms with E-state index in [1.807, 2.05) is 0 Å². The summed E-state index contributed by atoms with van der Waals surface area (Å²) in [5.41, 5.74) is -0.0134. The molecular weight excluding hydrogens is 203 g/mol. The van der Waals surface area contributed by atoms with Crippen LogP contribution in [-0.4, -0.2) is 10.7 Å². The van der Waals surface area contributed by atoms with Crippen molar-refractivity contribution in [1.29, 1.82) is 0 Å². The van der Waals surface area contributed by atoms with Gasteiger partial charge in [-0.2, -0.15) is 0 Å². The molecule has 0 spiro atoms. The van der Waals surface area contributed by atoms with Gasteiger partial charge in [0.05, 0.1) is 5.60 Å². The van der Waals surface area contributed by atoms with Gasteiger partial charge in [0.15, 0.2) is 0 Å². The lowest BCUT2D eigenvalue weighted by Gasteiger charge is -2.09. The number of benzene rings is 1. The lowest BCUT2D eigenvalue weighted by atomic mass is 10.1. The molecule has 0 heterocycles. The fourth-order valence-electron chi connectivity index (χ4n) is 1.52. The number of rotatable bonds is 3. The fraction of sp³-hybridized carbons (Fsp3) is 0.455. The molecule has 2 rings (SSSR count). The fourth-order valence-corrected chi connectivity index (χ4v) is 1.78. The number of aliphatic hydroxyl groups is 1. The van der Waals surface area contributed by atoms with Gasteiger partial charge in [-0.05, 0) is 37.8 Å². The van der Waals surface area contributed by atoms with E-state index in [0.29, 0.717) is 23.4 Å². The monoisotopic (exact) mass is 214 g/mol. The van der Waals surface area contributed by atoms with Crippen LogP contribution < -0.4 is 0 Å². The molecule has 0 bridgehead atoms. The highest BCUT2D eigenvalue weighted by atomic mass is 35.5. The molecule has 0 aromatic heterocycles. The Morgan fingerprint density at radius 2 is 2.14 bits per heavy atom. The van der Waals surface area contributed by atoms with Gasteiger partial charge in [-0.1, -0.05) is 17.7 Å². The molecule has 1 aromatic rings. The summed E-state index contributed by atoms with van der Waals surface area (Å²) in [6, 6.07) is 4.67. The van der Waals surface area contributed by atoms with Crippen molar-refractivity contribution in [2.75, 3.05) is 0 Å². The van der Waals surface area contributed by atoms with E-state index in [4.69, 9.17) is 11.6 Å². The van der Waals surface area contributed by atoms with Crippen LogP contribution in [-0.2, 0) is 6.42 Å². The first-order valence-corrected chi connectivity index (χ1v) is 5.14. The van der Waals surface area contributed by atoms with E-state index in [1.165, 1.54) is 6.07 Å². The molecule has 0 amide bonds. The molecule has 0 saturated heterocycles. The Morgan fingerprint density at radius 1 is 1.43 bits per heavy atom. The van der Waals surface area contributed by atoms with E-state index in [9.17, 15) is 9.50 Å². The second kappa shape index (κ2) is 3.52. The van der Waals surface area contributed by atoms with Gasteiger partial charge in [-0.15, -0.1) is 0 Å². The minimum absolute atomic E-state index is 0.276. The maximum Gasteiger partial charge on any atom is 0.127 e. The molecule has 1 aliphatic rings. The van der Waals surface area contributed by atoms with Gasteiger partial charge >= 0.3 is 0 Å². The highest BCUT2D eigenvalue weighted by Crippen LogP contribution is 2.39. The third-order valence-electron chi connectivity index (χ3n) is 2.73. The third-order valence-corrected chi connectivity index (χ3v) is 3.08. The van der Waals surface area contributed by atoms with Crippen molar-refractivity contribution in [2.24, 2.45) is 0 Å². The molecule has 0 aliphatic heterocycles. The number of hydrogen-bond acceptors (Lipinski definition) is 1. The molecule has 1 aromatic carbocycles. The Bertz CT molecular complexity index is 327. The molecule has 14 heavy (non-hydrogen) atoms. The molecule has 1 saturated carbocycles. The lowest BCUT2D eigenvalue weighted by molar-refractivity contribution is 0.140. The van der Waals surface area contributed by atoms with E-state index >= 15 is 0 Å². The molecule has 76 valence electrons. The second-order valence-electron chi connectivity index (χ2n) is 3.92. The summed E-state index contributed by atoms with van der Waals surface area (Å²) in [7, 11) is 0. The highest BCUT2D eigenvalue weighted by molar-refractivity contribution is 6.31. The minimum atomic E-state index is -0.536. The molecule has 0 atom stereocenters. The zero-order valence-corrected chi connectivity index (χ0v) is 8.52. The van der Waals surface area contributed by atoms with Crippen LogP contribution in [0.4, 0.5) is 4.39 Å². The summed E-state index contributed by atoms with van der Waals surface area (Å²) >= 11 is 5.86. The zero-order valence-electron chi connectivity index (χ0n) is 7.76. The molecule has 0 radical (unpaired) electrons. The summed E-state index contributed by atoms with van der Waals surface area (Å²) in [5.74, 6) is -0.276. The minimum Gasteiger partial charge on any atom is -0.390 e. The topological polar surface area (TPSA) is 20.2 Å². The lowest BCUT2D eigenvalue weighted by Crippen LogP contribution is -2.08. The third kappa shape index (κ3) is 2.07. The zero-order chi connectivity index (χ0) is 10.2. The first-order valence-electron chi connectivity index (χ1n) is 4.76. The van der Waals surface area contributed by atoms with Crippen LogP contribution in [0.25, 0.3) is 0 Å². The first kappa shape index (κ1) is 9.94. The van der Waals surface area contributed by atoms with Gasteiger partial charge in [-0.3, -0.25) is 0 Å². The SMILES string of the molecule is OC1(CCc2c(F)cccc2Cl)CC1. The van der Waals surface area contributed by atoms with Gasteiger partial charge in [0.25, 0.3) is 0 Å². The van der Waals surface area contributed by atoms with E-state index in [2.05, 4.69) is 0 Å². The van der Waals surface area contributed by atoms with Crippen molar-refractivity contribution in [3.05, 3.63) is 34.6 Å². The average Bonchev–Trinajstić information content (AvgIpc) is 2.83. The Labute approximate surface area is 87.5 Å². The quantitative estimate of drug-likeness (QED) is 0.820. The van der Waals surface area contributed by atoms with Crippen LogP contribution >= 0.6 is 11.6 Å². The highest BCUT2D eigenvalue weighted by Gasteiger charge is 2.39. The van der Waals surface area contributed by atoms with E-state index in [-0.39, 0.29) is 5.82 Å². The largest absolute Gasteiger partial charge is 0.390 e. The predicted molar refractivity (Wildman–Crippen MR) is 53.9 cm³/mol. The Kier molecular flexibility index (Phi) is 2.50. The van der Waals surface area contributed by atoms with Crippen LogP contribution in [0.1, 0.15) is 24.8 Å². The molecule has 0 unspecified atom stereocenters. The summed E-state index contributed by atoms with van der Waals surface area (Å²) in [5, 5.41) is 10.1. The molecule has 1 nitrogen and oxygen atoms in total. The van der Waals surface area contributed by atoms with Crippen molar-refractivity contribution < 1.29 is 9.50 Å². The van der Waals surface area contributed by atoms with E-state index in [0.717, 1.165) is 12.8 Å². The van der Waals surface area contributed by atoms with Gasteiger partial charge < -0.3 is 5.11 Å². The van der Waals surface area contributed by atoms with Crippen molar-refractivity contribution in [2.45, 2.75) is 31.3 Å². The summed E-state index contributed by atoms with van der Waals surface area (Å²) in [6.07, 6.45) is 2.79. The maximum atomic E-state index is 13.3. The predicted octanol–water partition coefficient (Wildman–Crippen LogP) is 2.94. The van der Waals surface area contributed by atoms with Crippen LogP contribution in [0.15, 0.2) is 18.2 Å². The first-order chi connectivity index (χ1) is 6.61. The van der Waals surface area contributed by atoms with Crippen molar-refractivity contribution in [3.8, 4) is 0 Å². The normalized spacial score (nSPS) is 18.2. The standard InChI is InChI=1S/C11H12ClFO/c12-9-2-1-3-10(13)8(9)4-5-11(14)6-7-11/h1-3,14H,4-7H2. The smallest absolute Gasteiger partial charge is 0.127 e. The Hall–Kier alpha value is -0.600. The van der Waals surface area contributed by atoms with Gasteiger partial charge in [0.1, 0.15) is 5.82 Å². The van der Waals surface area contributed by atoms with Crippen molar-refractivity contribution >= 4 is 11.6 Å². The van der Waals surface area contributed by atoms with E-state index < -0.39 is 5.60 Å². The van der Waals surface area contributed by atoms with E-state index in [1.54, 1.807) is 12.1 Å². The average molecular weight is 215 g/mol. The second-order valence-corrected chi connectivity index (χ2v) is 4.33. The van der Waals surface area contributed by atoms with Gasteiger partial charge in [0, 0.05) is 10.6 Å². The van der Waals surface area contributed by atoms with Crippen molar-refractivity contribution in [1.82, 2.24) is 0 Å². The van der Waals surface area contributed by atoms with Gasteiger partial charge in [0.2, 0.25) is 0 Å². The molecule has 1 aliphatic carbocycles. The molecule has 1 fully saturated rings. The summed E-state index contributed by atoms with van der Waals surface area (Å²) in [6.45, 7) is 0. The maximum absolute atomic E-state index is 13.3. The summed E-state index contributed by atoms with van der Waals surface area (Å²) < 4.78 is 13.3. The Morgan fingerprint density at radius 3 is 2.71 bits per heavy atom. The van der Waals surface area contributed by atoms with Crippen LogP contribution in [0.2, 0.25) is 5.02 Å².